The van der Waals surface area contributed by atoms with Gasteiger partial charge in [0.15, 0.2) is 5.65 Å². The van der Waals surface area contributed by atoms with Crippen molar-refractivity contribution in [2.24, 2.45) is 4.99 Å². The van der Waals surface area contributed by atoms with E-state index in [0.717, 1.165) is 28.9 Å². The molecular formula is C19H20N6O2. The van der Waals surface area contributed by atoms with Crippen molar-refractivity contribution in [1.82, 2.24) is 20.1 Å². The highest BCUT2D eigenvalue weighted by Crippen LogP contribution is 2.26. The number of anilines is 1. The molecule has 27 heavy (non-hydrogen) atoms. The van der Waals surface area contributed by atoms with Gasteiger partial charge in [-0.3, -0.25) is 10.3 Å². The third kappa shape index (κ3) is 3.21. The maximum absolute atomic E-state index is 12.0. The van der Waals surface area contributed by atoms with E-state index < -0.39 is 6.09 Å². The molecule has 1 amide bonds. The lowest BCUT2D eigenvalue weighted by Crippen LogP contribution is -2.23. The maximum atomic E-state index is 12.0. The van der Waals surface area contributed by atoms with Gasteiger partial charge >= 0.3 is 6.09 Å². The number of hydrogen-bond donors (Lipinski definition) is 2. The molecule has 1 aromatic carbocycles. The SMILES string of the molecule is CCOC(=O)Nc1nc2c(cc1C1=NCCN1)c(C)nn2-c1ccccc1. The molecule has 3 aromatic rings. The second-order valence-corrected chi connectivity index (χ2v) is 6.09. The van der Waals surface area contributed by atoms with Crippen molar-refractivity contribution in [3.8, 4) is 5.69 Å². The molecule has 8 nitrogen and oxygen atoms in total. The van der Waals surface area contributed by atoms with Crippen molar-refractivity contribution in [2.45, 2.75) is 13.8 Å². The largest absolute Gasteiger partial charge is 0.450 e. The fourth-order valence-corrected chi connectivity index (χ4v) is 3.05. The van der Waals surface area contributed by atoms with Crippen LogP contribution in [0.1, 0.15) is 18.2 Å². The summed E-state index contributed by atoms with van der Waals surface area (Å²) in [5.41, 5.74) is 3.13. The number of fused-ring (bicyclic) bond motifs is 1. The number of aryl methyl sites for hydroxylation is 1. The molecule has 138 valence electrons. The Hall–Kier alpha value is -3.42. The Labute approximate surface area is 156 Å². The third-order valence-corrected chi connectivity index (χ3v) is 4.27. The number of benzene rings is 1. The molecule has 0 bridgehead atoms. The van der Waals surface area contributed by atoms with Crippen LogP contribution in [0.4, 0.5) is 10.6 Å². The molecule has 0 unspecified atom stereocenters. The Morgan fingerprint density at radius 1 is 1.33 bits per heavy atom. The van der Waals surface area contributed by atoms with Crippen LogP contribution in [0.3, 0.4) is 0 Å². The molecule has 1 aliphatic rings. The molecule has 8 heteroatoms. The van der Waals surface area contributed by atoms with Crippen LogP contribution < -0.4 is 10.6 Å². The monoisotopic (exact) mass is 364 g/mol. The van der Waals surface area contributed by atoms with Gasteiger partial charge in [-0.05, 0) is 32.0 Å². The highest BCUT2D eigenvalue weighted by Gasteiger charge is 2.21. The number of amidine groups is 1. The molecular weight excluding hydrogens is 344 g/mol. The van der Waals surface area contributed by atoms with Crippen molar-refractivity contribution >= 4 is 28.8 Å². The summed E-state index contributed by atoms with van der Waals surface area (Å²) in [6.45, 7) is 5.43. The van der Waals surface area contributed by atoms with Gasteiger partial charge in [0.2, 0.25) is 0 Å². The average molecular weight is 364 g/mol. The summed E-state index contributed by atoms with van der Waals surface area (Å²) >= 11 is 0. The number of aromatic nitrogens is 3. The number of rotatable bonds is 4. The van der Waals surface area contributed by atoms with Crippen molar-refractivity contribution in [2.75, 3.05) is 25.0 Å². The summed E-state index contributed by atoms with van der Waals surface area (Å²) in [5.74, 6) is 1.11. The lowest BCUT2D eigenvalue weighted by molar-refractivity contribution is 0.168. The van der Waals surface area contributed by atoms with Gasteiger partial charge in [0.25, 0.3) is 0 Å². The first kappa shape index (κ1) is 17.0. The predicted octanol–water partition coefficient (Wildman–Crippen LogP) is 2.65. The molecule has 2 aromatic heterocycles. The zero-order valence-electron chi connectivity index (χ0n) is 15.2. The van der Waals surface area contributed by atoms with Crippen LogP contribution in [-0.2, 0) is 4.74 Å². The van der Waals surface area contributed by atoms with Crippen molar-refractivity contribution < 1.29 is 9.53 Å². The van der Waals surface area contributed by atoms with Gasteiger partial charge in [-0.2, -0.15) is 5.10 Å². The number of para-hydroxylation sites is 1. The van der Waals surface area contributed by atoms with Gasteiger partial charge in [-0.25, -0.2) is 14.5 Å². The normalized spacial score (nSPS) is 13.3. The molecule has 0 spiro atoms. The third-order valence-electron chi connectivity index (χ3n) is 4.27. The number of amides is 1. The Bertz CT molecular complexity index is 1030. The van der Waals surface area contributed by atoms with E-state index in [1.807, 2.05) is 43.3 Å². The molecule has 4 rings (SSSR count). The Morgan fingerprint density at radius 2 is 2.15 bits per heavy atom. The first-order valence-electron chi connectivity index (χ1n) is 8.85. The van der Waals surface area contributed by atoms with Crippen LogP contribution in [0.15, 0.2) is 41.4 Å². The van der Waals surface area contributed by atoms with E-state index in [4.69, 9.17) is 9.72 Å². The summed E-state index contributed by atoms with van der Waals surface area (Å²) in [7, 11) is 0. The van der Waals surface area contributed by atoms with Crippen molar-refractivity contribution in [1.29, 1.82) is 0 Å². The van der Waals surface area contributed by atoms with E-state index in [1.54, 1.807) is 11.6 Å². The van der Waals surface area contributed by atoms with E-state index in [1.165, 1.54) is 0 Å². The molecule has 0 aliphatic carbocycles. The number of hydrogen-bond acceptors (Lipinski definition) is 6. The van der Waals surface area contributed by atoms with Gasteiger partial charge in [-0.15, -0.1) is 0 Å². The van der Waals surface area contributed by atoms with Crippen LogP contribution in [0.5, 0.6) is 0 Å². The molecule has 0 atom stereocenters. The second-order valence-electron chi connectivity index (χ2n) is 6.09. The fraction of sp³-hybridized carbons (Fsp3) is 0.263. The number of nitrogens with one attached hydrogen (secondary N) is 2. The Kier molecular flexibility index (Phi) is 4.45. The number of carbonyl (C=O) groups is 1. The topological polar surface area (TPSA) is 93.4 Å². The van der Waals surface area contributed by atoms with E-state index >= 15 is 0 Å². The number of pyridine rings is 1. The van der Waals surface area contributed by atoms with Crippen LogP contribution in [0.25, 0.3) is 16.7 Å². The molecule has 0 radical (unpaired) electrons. The van der Waals surface area contributed by atoms with E-state index in [9.17, 15) is 4.79 Å². The zero-order chi connectivity index (χ0) is 18.8. The minimum absolute atomic E-state index is 0.281. The molecule has 3 heterocycles. The quantitative estimate of drug-likeness (QED) is 0.742. The fourth-order valence-electron chi connectivity index (χ4n) is 3.05. The van der Waals surface area contributed by atoms with E-state index in [2.05, 4.69) is 20.7 Å². The van der Waals surface area contributed by atoms with Crippen molar-refractivity contribution in [3.05, 3.63) is 47.7 Å². The smallest absolute Gasteiger partial charge is 0.412 e. The summed E-state index contributed by atoms with van der Waals surface area (Å²) in [5, 5.41) is 11.5. The molecule has 0 saturated carbocycles. The lowest BCUT2D eigenvalue weighted by Gasteiger charge is -2.12. The van der Waals surface area contributed by atoms with Gasteiger partial charge < -0.3 is 10.1 Å². The van der Waals surface area contributed by atoms with Crippen LogP contribution in [-0.4, -0.2) is 46.4 Å². The van der Waals surface area contributed by atoms with E-state index in [0.29, 0.717) is 23.8 Å². The Balaban J connectivity index is 1.89. The molecule has 0 saturated heterocycles. The highest BCUT2D eigenvalue weighted by molar-refractivity contribution is 6.08. The summed E-state index contributed by atoms with van der Waals surface area (Å²) in [4.78, 5) is 21.2. The number of nitrogens with zero attached hydrogens (tertiary/aromatic N) is 4. The molecule has 2 N–H and O–H groups in total. The zero-order valence-corrected chi connectivity index (χ0v) is 15.2. The Morgan fingerprint density at radius 3 is 2.85 bits per heavy atom. The molecule has 0 fully saturated rings. The summed E-state index contributed by atoms with van der Waals surface area (Å²) in [6.07, 6.45) is -0.549. The second kappa shape index (κ2) is 7.06. The first-order chi connectivity index (χ1) is 13.2. The number of aliphatic imine (C=N–C) groups is 1. The van der Waals surface area contributed by atoms with Gasteiger partial charge in [0.1, 0.15) is 11.7 Å². The number of ether oxygens (including phenoxy) is 1. The minimum atomic E-state index is -0.549. The predicted molar refractivity (Wildman–Crippen MR) is 104 cm³/mol. The summed E-state index contributed by atoms with van der Waals surface area (Å²) in [6, 6.07) is 11.7. The summed E-state index contributed by atoms with van der Waals surface area (Å²) < 4.78 is 6.80. The van der Waals surface area contributed by atoms with Crippen LogP contribution in [0, 0.1) is 6.92 Å². The maximum Gasteiger partial charge on any atom is 0.412 e. The number of carbonyl (C=O) groups excluding carboxylic acids is 1. The average Bonchev–Trinajstić information content (AvgIpc) is 3.31. The van der Waals surface area contributed by atoms with Crippen LogP contribution in [0.2, 0.25) is 0 Å². The van der Waals surface area contributed by atoms with Gasteiger partial charge in [-0.1, -0.05) is 18.2 Å². The van der Waals surface area contributed by atoms with Crippen molar-refractivity contribution in [3.63, 3.8) is 0 Å². The van der Waals surface area contributed by atoms with E-state index in [-0.39, 0.29) is 6.61 Å². The standard InChI is InChI=1S/C19H20N6O2/c1-3-27-19(26)23-17-15(16-20-9-10-21-16)11-14-12(2)24-25(18(14)22-17)13-7-5-4-6-8-13/h4-8,11H,3,9-10H2,1-2H3,(H,20,21)(H,22,23,26). The van der Waals surface area contributed by atoms with Gasteiger partial charge in [0, 0.05) is 11.9 Å². The highest BCUT2D eigenvalue weighted by atomic mass is 16.5. The molecule has 1 aliphatic heterocycles. The van der Waals surface area contributed by atoms with Crippen LogP contribution >= 0.6 is 0 Å². The first-order valence-corrected chi connectivity index (χ1v) is 8.85. The minimum Gasteiger partial charge on any atom is -0.450 e. The lowest BCUT2D eigenvalue weighted by atomic mass is 10.1. The van der Waals surface area contributed by atoms with Gasteiger partial charge in [0.05, 0.1) is 30.1 Å².